The summed E-state index contributed by atoms with van der Waals surface area (Å²) in [5.74, 6) is 0. The summed E-state index contributed by atoms with van der Waals surface area (Å²) >= 11 is 3.28. The van der Waals surface area contributed by atoms with Crippen LogP contribution >= 0.6 is 39.4 Å². The van der Waals surface area contributed by atoms with Crippen LogP contribution < -0.4 is 33.7 Å². The van der Waals surface area contributed by atoms with Crippen LogP contribution in [0.2, 0.25) is 18.1 Å². The summed E-state index contributed by atoms with van der Waals surface area (Å²) in [5, 5.41) is 29.4. The highest BCUT2D eigenvalue weighted by molar-refractivity contribution is 9.08. The van der Waals surface area contributed by atoms with E-state index in [9.17, 15) is 67.3 Å². The molecule has 11 atom stereocenters. The first kappa shape index (κ1) is 77.7. The lowest BCUT2D eigenvalue weighted by molar-refractivity contribution is -0.0461. The number of aromatic amines is 2. The van der Waals surface area contributed by atoms with Crippen molar-refractivity contribution in [2.45, 2.75) is 185 Å². The van der Waals surface area contributed by atoms with Gasteiger partial charge in [0.1, 0.15) is 36.5 Å². The minimum absolute atomic E-state index is 0.0310. The number of rotatable bonds is 23. The largest absolute Gasteiger partial charge is 0.490 e. The van der Waals surface area contributed by atoms with E-state index in [0.29, 0.717) is 17.6 Å². The molecule has 94 heavy (non-hydrogen) atoms. The zero-order valence-corrected chi connectivity index (χ0v) is 58.1. The molecule has 2 aromatic carbocycles. The van der Waals surface area contributed by atoms with Crippen LogP contribution in [0, 0.1) is 0 Å². The molecule has 2 unspecified atom stereocenters. The van der Waals surface area contributed by atoms with Crippen LogP contribution in [0.25, 0.3) is 0 Å². The van der Waals surface area contributed by atoms with E-state index < -0.39 is 127 Å². The van der Waals surface area contributed by atoms with Crippen molar-refractivity contribution in [1.29, 1.82) is 0 Å². The maximum atomic E-state index is 13.2. The average molecular weight is 1470 g/mol. The molecule has 38 heteroatoms. The minimum Gasteiger partial charge on any atom is -0.443 e. The summed E-state index contributed by atoms with van der Waals surface area (Å²) in [6.07, 6.45) is -3.10. The number of aromatic nitrogens is 6. The number of alkyl halides is 1. The molecule has 0 bridgehead atoms. The van der Waals surface area contributed by atoms with Crippen LogP contribution in [0.15, 0.2) is 108 Å². The number of phosphoric acid groups is 3. The molecule has 3 aliphatic rings. The van der Waals surface area contributed by atoms with Crippen LogP contribution in [0.4, 0.5) is 4.79 Å². The van der Waals surface area contributed by atoms with Crippen molar-refractivity contribution in [3.63, 3.8) is 0 Å². The van der Waals surface area contributed by atoms with Gasteiger partial charge in [0.05, 0.1) is 75.2 Å². The third-order valence-electron chi connectivity index (χ3n) is 14.9. The molecule has 9 N–H and O–H groups in total. The number of carbonyl (C=O) groups is 1. The van der Waals surface area contributed by atoms with E-state index in [2.05, 4.69) is 72.9 Å². The van der Waals surface area contributed by atoms with Gasteiger partial charge in [-0.05, 0) is 56.5 Å². The van der Waals surface area contributed by atoms with Gasteiger partial charge >= 0.3 is 46.6 Å². The molecule has 3 saturated heterocycles. The number of H-pyrrole nitrogens is 2. The molecule has 3 aromatic heterocycles. The number of halogens is 1. The Morgan fingerprint density at radius 2 is 1.11 bits per heavy atom. The number of benzene rings is 2. The first-order valence-corrected chi connectivity index (χ1v) is 37.8. The zero-order chi connectivity index (χ0) is 69.9. The summed E-state index contributed by atoms with van der Waals surface area (Å²) in [6, 6.07) is 18.6. The molecule has 0 spiro atoms. The average Bonchev–Trinajstić information content (AvgIpc) is 1.43. The summed E-state index contributed by atoms with van der Waals surface area (Å²) in [7, 11) is -18.8. The summed E-state index contributed by atoms with van der Waals surface area (Å²) < 4.78 is 89.7. The molecule has 6 heterocycles. The highest BCUT2D eigenvalue weighted by Gasteiger charge is 2.46. The van der Waals surface area contributed by atoms with Gasteiger partial charge in [-0.3, -0.25) is 42.6 Å². The van der Waals surface area contributed by atoms with E-state index in [1.165, 1.54) is 27.7 Å². The van der Waals surface area contributed by atoms with Crippen molar-refractivity contribution in [3.05, 3.63) is 170 Å². The van der Waals surface area contributed by atoms with Crippen molar-refractivity contribution < 1.29 is 99.4 Å². The lowest BCUT2D eigenvalue weighted by Gasteiger charge is -2.39. The summed E-state index contributed by atoms with van der Waals surface area (Å²) in [5.41, 5.74) is -2.60. The predicted octanol–water partition coefficient (Wildman–Crippen LogP) is 4.92. The fourth-order valence-electron chi connectivity index (χ4n) is 9.25. The Morgan fingerprint density at radius 1 is 0.649 bits per heavy atom. The maximum absolute atomic E-state index is 13.2. The number of phosphoric ester groups is 1. The summed E-state index contributed by atoms with van der Waals surface area (Å²) in [4.78, 5) is 127. The van der Waals surface area contributed by atoms with Crippen LogP contribution in [0.3, 0.4) is 0 Å². The van der Waals surface area contributed by atoms with Crippen LogP contribution in [-0.4, -0.2) is 133 Å². The number of hydrogen-bond acceptors (Lipinski definition) is 23. The first-order valence-electron chi connectivity index (χ1n) is 29.2. The standard InChI is InChI=1S/C22H37BrN2O6Si.C17H23N2O15P3.C17H20N2O6/c1-10-15-16(31-32(8,9)22(5,6)7)11-17(29-15)24-13-14(12-23)18(26)25(19(24)27)20(28)30-21(2,3)4;20-13-6-15(32-14(13)10-31-36(26,27)34-37(28,29)33-35(23,24)25)19-7-12(16(21)18-17(19)22)9-30-8-11-4-2-1-3-5-11;20-8-14-13(21)6-15(25-14)19-7-12(16(22)18-17(19)23)10-24-9-11-4-2-1-3-5-11/h13,15-17H,10-12H2,1-9H3;1-5,7,13-15,20H,6,8-10H2,(H,26,27)(H,28,29)(H,18,21,22)(H2,23,24,25);1-5,7,13-15,20-21H,6,8-10H2,(H,18,22,23)/t15-,16-,17-;2*13-,14-,15-/m111/s1. The normalized spacial score (nSPS) is 22.9. The Kier molecular flexibility index (Phi) is 27.1. The molecule has 0 amide bonds. The SMILES string of the molecule is CC[C@H]1O[C@@H](n2cc(CBr)c(=O)n(C(=O)OC(C)(C)C)c2=O)C[C@H]1O[Si](C)(C)C(C)(C)C.O=c1[nH]c(=O)n([C@H]2C[C@@H](O)[C@@H](CO)O2)cc1COCc1ccccc1.O=c1[nH]c(=O)n([C@H]2C[C@@H](O)[C@@H](COP(=O)(O)OP(=O)(O)OP(=O)(O)O)O2)cc1COCc1ccccc1. The third-order valence-corrected chi connectivity index (χ3v) is 23.8. The molecule has 33 nitrogen and oxygen atoms in total. The van der Waals surface area contributed by atoms with E-state index in [1.807, 2.05) is 67.6 Å². The number of carbonyl (C=O) groups excluding carboxylic acids is 1. The van der Waals surface area contributed by atoms with Gasteiger partial charge in [0.15, 0.2) is 8.32 Å². The first-order chi connectivity index (χ1) is 43.7. The van der Waals surface area contributed by atoms with Gasteiger partial charge in [-0.15, -0.1) is 0 Å². The highest BCUT2D eigenvalue weighted by Crippen LogP contribution is 2.66. The quantitative estimate of drug-likeness (QED) is 0.0238. The Hall–Kier alpha value is -5.30. The molecule has 3 fully saturated rings. The second-order valence-electron chi connectivity index (χ2n) is 24.3. The lowest BCUT2D eigenvalue weighted by Crippen LogP contribution is -2.47. The Labute approximate surface area is 546 Å². The second kappa shape index (κ2) is 32.8. The summed E-state index contributed by atoms with van der Waals surface area (Å²) in [6.45, 7) is 17.1. The topological polar surface area (TPSA) is 456 Å². The third kappa shape index (κ3) is 22.1. The highest BCUT2D eigenvalue weighted by atomic mass is 79.9. The van der Waals surface area contributed by atoms with Crippen molar-refractivity contribution in [2.75, 3.05) is 13.2 Å². The van der Waals surface area contributed by atoms with Gasteiger partial charge in [0.2, 0.25) is 0 Å². The molecule has 5 aromatic rings. The lowest BCUT2D eigenvalue weighted by atomic mass is 10.1. The fourth-order valence-corrected chi connectivity index (χ4v) is 14.0. The smallest absolute Gasteiger partial charge is 0.443 e. The van der Waals surface area contributed by atoms with Gasteiger partial charge in [-0.2, -0.15) is 13.2 Å². The van der Waals surface area contributed by atoms with Crippen molar-refractivity contribution >= 4 is 53.8 Å². The van der Waals surface area contributed by atoms with E-state index in [-0.39, 0.29) is 78.5 Å². The van der Waals surface area contributed by atoms with Gasteiger partial charge in [-0.25, -0.2) is 32.9 Å². The number of nitrogens with one attached hydrogen (secondary N) is 2. The number of ether oxygens (including phenoxy) is 6. The number of aliphatic hydroxyl groups excluding tert-OH is 3. The monoisotopic (exact) mass is 1470 g/mol. The predicted molar refractivity (Wildman–Crippen MR) is 339 cm³/mol. The van der Waals surface area contributed by atoms with Gasteiger partial charge in [0.25, 0.3) is 16.7 Å². The van der Waals surface area contributed by atoms with Crippen LogP contribution in [0.1, 0.15) is 121 Å². The molecular weight excluding hydrogens is 1390 g/mol. The Bertz CT molecular complexity index is 3910. The molecule has 0 radical (unpaired) electrons. The number of aliphatic hydroxyl groups is 3. The van der Waals surface area contributed by atoms with E-state index in [4.69, 9.17) is 47.7 Å². The van der Waals surface area contributed by atoms with Crippen molar-refractivity contribution in [3.8, 4) is 0 Å². The van der Waals surface area contributed by atoms with Crippen LogP contribution in [0.5, 0.6) is 0 Å². The van der Waals surface area contributed by atoms with Gasteiger partial charge in [-0.1, -0.05) is 104 Å². The Morgan fingerprint density at radius 3 is 1.54 bits per heavy atom. The molecule has 0 saturated carbocycles. The van der Waals surface area contributed by atoms with E-state index in [1.54, 1.807) is 20.8 Å². The molecule has 8 rings (SSSR count). The van der Waals surface area contributed by atoms with E-state index >= 15 is 0 Å². The maximum Gasteiger partial charge on any atom is 0.490 e. The number of nitrogens with zero attached hydrogens (tertiary/aromatic N) is 4. The minimum atomic E-state index is -5.71. The second-order valence-corrected chi connectivity index (χ2v) is 34.1. The molecule has 0 aliphatic carbocycles. The van der Waals surface area contributed by atoms with Crippen molar-refractivity contribution in [1.82, 2.24) is 28.2 Å². The van der Waals surface area contributed by atoms with Crippen LogP contribution in [-0.2, 0) is 91.4 Å². The molecule has 522 valence electrons. The van der Waals surface area contributed by atoms with Gasteiger partial charge in [0, 0.05) is 48.7 Å². The molecule has 3 aliphatic heterocycles. The van der Waals surface area contributed by atoms with Gasteiger partial charge < -0.3 is 67.7 Å². The number of hydrogen-bond donors (Lipinski definition) is 9. The fraction of sp³-hybridized carbons (Fsp3) is 0.554. The van der Waals surface area contributed by atoms with Crippen molar-refractivity contribution in [2.24, 2.45) is 0 Å². The molecular formula is C56H80BrN6O27P3Si. The van der Waals surface area contributed by atoms with E-state index in [0.717, 1.165) is 22.1 Å². The Balaban J connectivity index is 0.000000227. The zero-order valence-electron chi connectivity index (χ0n) is 52.8.